The van der Waals surface area contributed by atoms with Crippen molar-refractivity contribution >= 4 is 23.4 Å². The molecule has 0 aliphatic carbocycles. The first-order chi connectivity index (χ1) is 22.0. The molecule has 1 aliphatic rings. The zero-order valence-corrected chi connectivity index (χ0v) is 27.0. The van der Waals surface area contributed by atoms with Crippen LogP contribution in [-0.2, 0) is 16.0 Å². The van der Waals surface area contributed by atoms with Crippen LogP contribution >= 0.6 is 0 Å². The minimum Gasteiger partial charge on any atom is -0.497 e. The highest BCUT2D eigenvalue weighted by Gasteiger charge is 2.31. The van der Waals surface area contributed by atoms with Crippen LogP contribution < -0.4 is 21.1 Å². The third kappa shape index (κ3) is 9.61. The Morgan fingerprint density at radius 3 is 2.37 bits per heavy atom. The van der Waals surface area contributed by atoms with Crippen molar-refractivity contribution in [3.8, 4) is 5.75 Å². The lowest BCUT2D eigenvalue weighted by molar-refractivity contribution is -0.119. The number of methoxy groups -OCH3 is 1. The van der Waals surface area contributed by atoms with Crippen molar-refractivity contribution in [2.45, 2.75) is 70.7 Å². The van der Waals surface area contributed by atoms with Crippen LogP contribution in [0.5, 0.6) is 5.75 Å². The largest absolute Gasteiger partial charge is 0.497 e. The predicted octanol–water partition coefficient (Wildman–Crippen LogP) is 5.20. The number of carbonyl (C=O) groups excluding carboxylic acids is 3. The number of nitrogens with two attached hydrogens (primary N) is 1. The van der Waals surface area contributed by atoms with Crippen molar-refractivity contribution in [3.05, 3.63) is 95.3 Å². The van der Waals surface area contributed by atoms with E-state index in [1.165, 1.54) is 31.4 Å². The van der Waals surface area contributed by atoms with Gasteiger partial charge < -0.3 is 30.7 Å². The van der Waals surface area contributed by atoms with Gasteiger partial charge in [0.05, 0.1) is 25.9 Å². The Bertz CT molecular complexity index is 1470. The number of benzene rings is 3. The van der Waals surface area contributed by atoms with E-state index in [2.05, 4.69) is 10.6 Å². The molecule has 0 unspecified atom stereocenters. The number of hydrogen-bond donors (Lipinski definition) is 3. The summed E-state index contributed by atoms with van der Waals surface area (Å²) in [6.45, 7) is 6.77. The van der Waals surface area contributed by atoms with Crippen LogP contribution in [0.25, 0.3) is 0 Å². The van der Waals surface area contributed by atoms with Gasteiger partial charge in [-0.3, -0.25) is 14.4 Å². The van der Waals surface area contributed by atoms with E-state index < -0.39 is 29.7 Å². The maximum Gasteiger partial charge on any atom is 0.254 e. The van der Waals surface area contributed by atoms with Crippen molar-refractivity contribution in [3.63, 3.8) is 0 Å². The molecule has 4 atom stereocenters. The lowest BCUT2D eigenvalue weighted by Gasteiger charge is -2.28. The fourth-order valence-corrected chi connectivity index (χ4v) is 5.62. The topological polar surface area (TPSA) is 123 Å². The highest BCUT2D eigenvalue weighted by atomic mass is 19.1. The van der Waals surface area contributed by atoms with Gasteiger partial charge in [-0.15, -0.1) is 0 Å². The van der Waals surface area contributed by atoms with E-state index in [-0.39, 0.29) is 35.9 Å². The zero-order valence-electron chi connectivity index (χ0n) is 27.0. The second-order valence-corrected chi connectivity index (χ2v) is 12.2. The second kappa shape index (κ2) is 16.3. The maximum absolute atomic E-state index is 13.8. The monoisotopic (exact) mass is 632 g/mol. The van der Waals surface area contributed by atoms with E-state index in [1.807, 2.05) is 49.1 Å². The number of anilines is 1. The number of nitrogens with zero attached hydrogens (tertiary/aromatic N) is 1. The van der Waals surface area contributed by atoms with Crippen LogP contribution in [0.1, 0.15) is 66.3 Å². The molecule has 0 radical (unpaired) electrons. The van der Waals surface area contributed by atoms with Crippen LogP contribution in [0, 0.1) is 11.7 Å². The van der Waals surface area contributed by atoms with Gasteiger partial charge in [0.15, 0.2) is 0 Å². The fraction of sp³-hybridized carbons (Fsp3) is 0.417. The molecule has 46 heavy (non-hydrogen) atoms. The first kappa shape index (κ1) is 34.6. The Balaban J connectivity index is 1.51. The van der Waals surface area contributed by atoms with E-state index >= 15 is 0 Å². The number of amides is 3. The number of nitrogens with one attached hydrogen (secondary N) is 2. The molecule has 3 aromatic carbocycles. The van der Waals surface area contributed by atoms with Crippen LogP contribution in [0.2, 0.25) is 0 Å². The summed E-state index contributed by atoms with van der Waals surface area (Å²) in [4.78, 5) is 42.2. The summed E-state index contributed by atoms with van der Waals surface area (Å²) in [5.74, 6) is -1.35. The normalized spacial score (nSPS) is 16.5. The van der Waals surface area contributed by atoms with Crippen molar-refractivity contribution in [1.82, 2.24) is 10.2 Å². The van der Waals surface area contributed by atoms with E-state index in [1.54, 1.807) is 25.1 Å². The molecule has 0 aromatic heterocycles. The molecule has 0 bridgehead atoms. The fourth-order valence-electron chi connectivity index (χ4n) is 5.62. The number of likely N-dealkylation sites (tertiary alicyclic amines) is 1. The molecule has 1 fully saturated rings. The Morgan fingerprint density at radius 1 is 1.00 bits per heavy atom. The smallest absolute Gasteiger partial charge is 0.254 e. The molecular weight excluding hydrogens is 587 g/mol. The van der Waals surface area contributed by atoms with Gasteiger partial charge in [-0.05, 0) is 87.6 Å². The molecule has 10 heteroatoms. The molecule has 9 nitrogen and oxygen atoms in total. The van der Waals surface area contributed by atoms with Gasteiger partial charge in [-0.2, -0.15) is 0 Å². The summed E-state index contributed by atoms with van der Waals surface area (Å²) in [6, 6.07) is 18.9. The summed E-state index contributed by atoms with van der Waals surface area (Å²) in [7, 11) is 1.49. The molecule has 0 spiro atoms. The molecule has 4 rings (SSSR count). The van der Waals surface area contributed by atoms with Crippen LogP contribution in [-0.4, -0.2) is 67.1 Å². The molecule has 3 amide bonds. The van der Waals surface area contributed by atoms with Crippen molar-refractivity contribution in [2.24, 2.45) is 11.7 Å². The van der Waals surface area contributed by atoms with Crippen LogP contribution in [0.3, 0.4) is 0 Å². The number of carbonyl (C=O) groups is 3. The lowest BCUT2D eigenvalue weighted by atomic mass is 9.91. The number of rotatable bonds is 14. The average Bonchev–Trinajstić information content (AvgIpc) is 3.53. The van der Waals surface area contributed by atoms with Crippen LogP contribution in [0.15, 0.2) is 72.8 Å². The first-order valence-corrected chi connectivity index (χ1v) is 15.8. The van der Waals surface area contributed by atoms with Gasteiger partial charge in [0.2, 0.25) is 5.91 Å². The predicted molar refractivity (Wildman–Crippen MR) is 176 cm³/mol. The number of ether oxygens (including phenoxy) is 2. The summed E-state index contributed by atoms with van der Waals surface area (Å²) in [5, 5.41) is 5.86. The maximum atomic E-state index is 13.8. The Kier molecular flexibility index (Phi) is 12.3. The molecule has 4 N–H and O–H groups in total. The third-order valence-corrected chi connectivity index (χ3v) is 8.23. The number of halogens is 1. The van der Waals surface area contributed by atoms with Gasteiger partial charge in [0.1, 0.15) is 11.6 Å². The van der Waals surface area contributed by atoms with Crippen molar-refractivity contribution < 1.29 is 28.2 Å². The number of hydrogen-bond acceptors (Lipinski definition) is 6. The van der Waals surface area contributed by atoms with Gasteiger partial charge in [-0.25, -0.2) is 4.39 Å². The summed E-state index contributed by atoms with van der Waals surface area (Å²) in [5.41, 5.74) is 8.76. The van der Waals surface area contributed by atoms with Crippen LogP contribution in [0.4, 0.5) is 10.1 Å². The molecule has 1 heterocycles. The van der Waals surface area contributed by atoms with Gasteiger partial charge in [0.25, 0.3) is 11.8 Å². The Hall–Kier alpha value is -4.28. The third-order valence-electron chi connectivity index (χ3n) is 8.23. The summed E-state index contributed by atoms with van der Waals surface area (Å²) >= 11 is 0. The standard InChI is InChI=1S/C36H45FN4O5/c1-23(2)46-22-30-11-8-16-41(30)36(44)27-19-26(20-31(21-27)45-4)35(43)40-33(18-25-9-6-5-7-10-25)32(38)17-24(3)34(42)39-29-14-12-28(37)13-15-29/h5-7,9-10,12-15,19-21,23-24,30,32-33H,8,11,16-18,22,38H2,1-4H3,(H,39,42)(H,40,43)/t24-,30-,32+,33+/m1/s1. The van der Waals surface area contributed by atoms with Gasteiger partial charge in [0, 0.05) is 41.4 Å². The van der Waals surface area contributed by atoms with Crippen molar-refractivity contribution in [1.29, 1.82) is 0 Å². The highest BCUT2D eigenvalue weighted by Crippen LogP contribution is 2.25. The minimum absolute atomic E-state index is 0.0334. The SMILES string of the molecule is COc1cc(C(=O)N[C@@H](Cc2ccccc2)[C@@H](N)C[C@@H](C)C(=O)Nc2ccc(F)cc2)cc(C(=O)N2CCC[C@@H]2COC(C)C)c1. The van der Waals surface area contributed by atoms with E-state index in [0.29, 0.717) is 36.6 Å². The Labute approximate surface area is 270 Å². The minimum atomic E-state index is -0.587. The summed E-state index contributed by atoms with van der Waals surface area (Å²) in [6.07, 6.45) is 2.51. The van der Waals surface area contributed by atoms with Crippen molar-refractivity contribution in [2.75, 3.05) is 25.6 Å². The quantitative estimate of drug-likeness (QED) is 0.225. The molecular formula is C36H45FN4O5. The molecule has 0 saturated carbocycles. The average molecular weight is 633 g/mol. The van der Waals surface area contributed by atoms with Gasteiger partial charge >= 0.3 is 0 Å². The zero-order chi connectivity index (χ0) is 33.2. The van der Waals surface area contributed by atoms with E-state index in [9.17, 15) is 18.8 Å². The lowest BCUT2D eigenvalue weighted by Crippen LogP contribution is -2.50. The summed E-state index contributed by atoms with van der Waals surface area (Å²) < 4.78 is 24.6. The Morgan fingerprint density at radius 2 is 1.70 bits per heavy atom. The van der Waals surface area contributed by atoms with E-state index in [0.717, 1.165) is 18.4 Å². The highest BCUT2D eigenvalue weighted by molar-refractivity contribution is 6.00. The molecule has 246 valence electrons. The second-order valence-electron chi connectivity index (χ2n) is 12.2. The van der Waals surface area contributed by atoms with Gasteiger partial charge in [-0.1, -0.05) is 37.3 Å². The van der Waals surface area contributed by atoms with E-state index in [4.69, 9.17) is 15.2 Å². The molecule has 1 aliphatic heterocycles. The molecule has 1 saturated heterocycles. The molecule has 3 aromatic rings. The first-order valence-electron chi connectivity index (χ1n) is 15.8.